The van der Waals surface area contributed by atoms with Gasteiger partial charge in [-0.3, -0.25) is 4.79 Å². The molecule has 4 N–H and O–H groups in total. The Morgan fingerprint density at radius 3 is 3.00 bits per heavy atom. The second-order valence-electron chi connectivity index (χ2n) is 3.50. The van der Waals surface area contributed by atoms with Crippen LogP contribution in [0.25, 0.3) is 0 Å². The average molecular weight is 187 g/mol. The molecule has 1 rings (SSSR count). The van der Waals surface area contributed by atoms with Crippen molar-refractivity contribution in [2.24, 2.45) is 11.5 Å². The first kappa shape index (κ1) is 10.4. The van der Waals surface area contributed by atoms with E-state index in [9.17, 15) is 4.79 Å². The van der Waals surface area contributed by atoms with Crippen molar-refractivity contribution < 1.29 is 9.53 Å². The maximum atomic E-state index is 10.7. The number of carbonyl (C=O) groups excluding carboxylic acids is 1. The Balaban J connectivity index is 2.31. The van der Waals surface area contributed by atoms with Gasteiger partial charge < -0.3 is 21.1 Å². The zero-order valence-electron chi connectivity index (χ0n) is 7.90. The lowest BCUT2D eigenvalue weighted by Gasteiger charge is -2.30. The van der Waals surface area contributed by atoms with Crippen LogP contribution in [-0.2, 0) is 9.53 Å². The standard InChI is InChI=1S/C8H17N3O2/c1-11-2-3-13-6(5-11)4-7(9)8(10)12/h6-7H,2-5,9H2,1H3,(H2,10,12). The molecule has 0 aromatic carbocycles. The Morgan fingerprint density at radius 1 is 1.77 bits per heavy atom. The number of amides is 1. The number of morpholine rings is 1. The Bertz CT molecular complexity index is 186. The van der Waals surface area contributed by atoms with Crippen LogP contribution in [0.5, 0.6) is 0 Å². The molecule has 1 amide bonds. The van der Waals surface area contributed by atoms with E-state index in [-0.39, 0.29) is 6.10 Å². The van der Waals surface area contributed by atoms with E-state index in [2.05, 4.69) is 4.90 Å². The van der Waals surface area contributed by atoms with E-state index in [0.717, 1.165) is 13.1 Å². The van der Waals surface area contributed by atoms with Crippen LogP contribution in [0, 0.1) is 0 Å². The molecule has 5 heteroatoms. The molecule has 0 bridgehead atoms. The zero-order valence-corrected chi connectivity index (χ0v) is 7.90. The molecular formula is C8H17N3O2. The first-order chi connectivity index (χ1) is 6.09. The number of rotatable bonds is 3. The molecule has 1 saturated heterocycles. The lowest BCUT2D eigenvalue weighted by Crippen LogP contribution is -2.46. The number of hydrogen-bond acceptors (Lipinski definition) is 4. The van der Waals surface area contributed by atoms with E-state index in [1.165, 1.54) is 0 Å². The van der Waals surface area contributed by atoms with Crippen molar-refractivity contribution in [1.82, 2.24) is 4.90 Å². The minimum absolute atomic E-state index is 0.0428. The highest BCUT2D eigenvalue weighted by Crippen LogP contribution is 2.08. The molecule has 5 nitrogen and oxygen atoms in total. The lowest BCUT2D eigenvalue weighted by molar-refractivity contribution is -0.120. The smallest absolute Gasteiger partial charge is 0.234 e. The molecule has 1 heterocycles. The summed E-state index contributed by atoms with van der Waals surface area (Å²) in [5.74, 6) is -0.461. The Labute approximate surface area is 78.0 Å². The largest absolute Gasteiger partial charge is 0.375 e. The van der Waals surface area contributed by atoms with Gasteiger partial charge in [0.15, 0.2) is 0 Å². The molecule has 0 aromatic rings. The molecule has 76 valence electrons. The van der Waals surface area contributed by atoms with Crippen LogP contribution >= 0.6 is 0 Å². The molecule has 0 radical (unpaired) electrons. The fraction of sp³-hybridized carbons (Fsp3) is 0.875. The molecule has 13 heavy (non-hydrogen) atoms. The van der Waals surface area contributed by atoms with Crippen LogP contribution in [-0.4, -0.2) is 49.7 Å². The van der Waals surface area contributed by atoms with Crippen molar-refractivity contribution >= 4 is 5.91 Å². The third-order valence-electron chi connectivity index (χ3n) is 2.22. The fourth-order valence-electron chi connectivity index (χ4n) is 1.41. The minimum atomic E-state index is -0.587. The van der Waals surface area contributed by atoms with Crippen molar-refractivity contribution in [2.75, 3.05) is 26.7 Å². The van der Waals surface area contributed by atoms with Gasteiger partial charge in [0, 0.05) is 13.1 Å². The van der Waals surface area contributed by atoms with Gasteiger partial charge in [0.25, 0.3) is 0 Å². The Morgan fingerprint density at radius 2 is 2.46 bits per heavy atom. The highest BCUT2D eigenvalue weighted by atomic mass is 16.5. The third-order valence-corrected chi connectivity index (χ3v) is 2.22. The van der Waals surface area contributed by atoms with Gasteiger partial charge in [0.1, 0.15) is 0 Å². The summed E-state index contributed by atoms with van der Waals surface area (Å²) in [7, 11) is 2.02. The summed E-state index contributed by atoms with van der Waals surface area (Å²) < 4.78 is 5.44. The molecule has 1 aliphatic heterocycles. The molecule has 1 fully saturated rings. The second-order valence-corrected chi connectivity index (χ2v) is 3.50. The normalized spacial score (nSPS) is 27.1. The first-order valence-electron chi connectivity index (χ1n) is 4.44. The van der Waals surface area contributed by atoms with Crippen LogP contribution < -0.4 is 11.5 Å². The van der Waals surface area contributed by atoms with Gasteiger partial charge in [-0.05, 0) is 13.5 Å². The first-order valence-corrected chi connectivity index (χ1v) is 4.44. The van der Waals surface area contributed by atoms with Crippen molar-refractivity contribution in [3.8, 4) is 0 Å². The molecular weight excluding hydrogens is 170 g/mol. The van der Waals surface area contributed by atoms with Crippen LogP contribution in [0.3, 0.4) is 0 Å². The Hall–Kier alpha value is -0.650. The third kappa shape index (κ3) is 3.30. The molecule has 0 spiro atoms. The van der Waals surface area contributed by atoms with Crippen LogP contribution in [0.1, 0.15) is 6.42 Å². The minimum Gasteiger partial charge on any atom is -0.375 e. The van der Waals surface area contributed by atoms with E-state index < -0.39 is 11.9 Å². The summed E-state index contributed by atoms with van der Waals surface area (Å²) in [6, 6.07) is -0.587. The second kappa shape index (κ2) is 4.55. The zero-order chi connectivity index (χ0) is 9.84. The van der Waals surface area contributed by atoms with Gasteiger partial charge in [-0.1, -0.05) is 0 Å². The van der Waals surface area contributed by atoms with Gasteiger partial charge in [-0.15, -0.1) is 0 Å². The number of nitrogens with zero attached hydrogens (tertiary/aromatic N) is 1. The van der Waals surface area contributed by atoms with Gasteiger partial charge in [0.2, 0.25) is 5.91 Å². The maximum Gasteiger partial charge on any atom is 0.234 e. The number of carbonyl (C=O) groups is 1. The molecule has 0 aromatic heterocycles. The fourth-order valence-corrected chi connectivity index (χ4v) is 1.41. The summed E-state index contributed by atoms with van der Waals surface area (Å²) in [5, 5.41) is 0. The SMILES string of the molecule is CN1CCOC(CC(N)C(N)=O)C1. The summed E-state index contributed by atoms with van der Waals surface area (Å²) in [5.41, 5.74) is 10.6. The van der Waals surface area contributed by atoms with Crippen LogP contribution in [0.2, 0.25) is 0 Å². The van der Waals surface area contributed by atoms with E-state index in [1.54, 1.807) is 0 Å². The van der Waals surface area contributed by atoms with Gasteiger partial charge in [0.05, 0.1) is 18.8 Å². The van der Waals surface area contributed by atoms with Crippen LogP contribution in [0.15, 0.2) is 0 Å². The van der Waals surface area contributed by atoms with Crippen molar-refractivity contribution in [3.63, 3.8) is 0 Å². The summed E-state index contributed by atoms with van der Waals surface area (Å²) >= 11 is 0. The molecule has 2 atom stereocenters. The monoisotopic (exact) mass is 187 g/mol. The number of hydrogen-bond donors (Lipinski definition) is 2. The van der Waals surface area contributed by atoms with E-state index in [1.807, 2.05) is 7.05 Å². The van der Waals surface area contributed by atoms with Gasteiger partial charge in [-0.25, -0.2) is 0 Å². The summed E-state index contributed by atoms with van der Waals surface area (Å²) in [6.07, 6.45) is 0.556. The molecule has 0 saturated carbocycles. The highest BCUT2D eigenvalue weighted by Gasteiger charge is 2.22. The molecule has 0 aliphatic carbocycles. The van der Waals surface area contributed by atoms with E-state index in [0.29, 0.717) is 13.0 Å². The van der Waals surface area contributed by atoms with Gasteiger partial charge >= 0.3 is 0 Å². The Kier molecular flexibility index (Phi) is 3.65. The number of likely N-dealkylation sites (N-methyl/N-ethyl adjacent to an activating group) is 1. The quantitative estimate of drug-likeness (QED) is 0.564. The predicted molar refractivity (Wildman–Crippen MR) is 49.0 cm³/mol. The van der Waals surface area contributed by atoms with Crippen molar-refractivity contribution in [3.05, 3.63) is 0 Å². The molecule has 2 unspecified atom stereocenters. The topological polar surface area (TPSA) is 81.6 Å². The number of nitrogens with two attached hydrogens (primary N) is 2. The average Bonchev–Trinajstić information content (AvgIpc) is 2.04. The van der Waals surface area contributed by atoms with Crippen LogP contribution in [0.4, 0.5) is 0 Å². The maximum absolute atomic E-state index is 10.7. The predicted octanol–water partition coefficient (Wildman–Crippen LogP) is -1.48. The lowest BCUT2D eigenvalue weighted by atomic mass is 10.1. The number of primary amides is 1. The van der Waals surface area contributed by atoms with E-state index >= 15 is 0 Å². The molecule has 1 aliphatic rings. The van der Waals surface area contributed by atoms with E-state index in [4.69, 9.17) is 16.2 Å². The van der Waals surface area contributed by atoms with Gasteiger partial charge in [-0.2, -0.15) is 0 Å². The highest BCUT2D eigenvalue weighted by molar-refractivity contribution is 5.79. The number of ether oxygens (including phenoxy) is 1. The van der Waals surface area contributed by atoms with Crippen molar-refractivity contribution in [1.29, 1.82) is 0 Å². The summed E-state index contributed by atoms with van der Waals surface area (Å²) in [6.45, 7) is 2.45. The summed E-state index contributed by atoms with van der Waals surface area (Å²) in [4.78, 5) is 12.8. The van der Waals surface area contributed by atoms with Crippen molar-refractivity contribution in [2.45, 2.75) is 18.6 Å².